The Bertz CT molecular complexity index is 444. The van der Waals surface area contributed by atoms with Crippen molar-refractivity contribution in [3.63, 3.8) is 0 Å². The lowest BCUT2D eigenvalue weighted by Crippen LogP contribution is -2.00. The van der Waals surface area contributed by atoms with Crippen molar-refractivity contribution in [2.75, 3.05) is 5.43 Å². The fourth-order valence-corrected chi connectivity index (χ4v) is 1.08. The van der Waals surface area contributed by atoms with E-state index >= 15 is 0 Å². The molecule has 2 N–H and O–H groups in total. The van der Waals surface area contributed by atoms with Crippen molar-refractivity contribution in [3.05, 3.63) is 29.3 Å². The van der Waals surface area contributed by atoms with Crippen LogP contribution in [-0.2, 0) is 10.1 Å². The number of anilines is 1. The molecule has 76 valence electrons. The number of benzene rings is 1. The lowest BCUT2D eigenvalue weighted by atomic mass is 10.3. The first-order valence-electron chi connectivity index (χ1n) is 3.50. The number of hydrazone groups is 1. The topological polar surface area (TPSA) is 78.8 Å². The maximum atomic E-state index is 10.2. The highest BCUT2D eigenvalue weighted by atomic mass is 35.5. The fourth-order valence-electron chi connectivity index (χ4n) is 0.714. The molecule has 0 saturated carbocycles. The molecule has 0 bridgehead atoms. The van der Waals surface area contributed by atoms with Gasteiger partial charge in [-0.15, -0.1) is 0 Å². The van der Waals surface area contributed by atoms with Gasteiger partial charge in [0.1, 0.15) is 0 Å². The van der Waals surface area contributed by atoms with Crippen LogP contribution in [0.1, 0.15) is 0 Å². The summed E-state index contributed by atoms with van der Waals surface area (Å²) in [5.74, 6) is 0. The summed E-state index contributed by atoms with van der Waals surface area (Å²) in [6.07, 6.45) is 0. The minimum atomic E-state index is -4.20. The second-order valence-electron chi connectivity index (χ2n) is 2.34. The van der Waals surface area contributed by atoms with E-state index in [4.69, 9.17) is 16.2 Å². The summed E-state index contributed by atoms with van der Waals surface area (Å²) < 4.78 is 28.8. The van der Waals surface area contributed by atoms with Crippen LogP contribution < -0.4 is 5.43 Å². The Kier molecular flexibility index (Phi) is 3.45. The molecule has 14 heavy (non-hydrogen) atoms. The van der Waals surface area contributed by atoms with Gasteiger partial charge in [-0.3, -0.25) is 9.98 Å². The molecule has 0 aliphatic heterocycles. The first kappa shape index (κ1) is 11.0. The van der Waals surface area contributed by atoms with Crippen LogP contribution in [0.3, 0.4) is 0 Å². The van der Waals surface area contributed by atoms with Gasteiger partial charge in [0.15, 0.2) is 5.55 Å². The van der Waals surface area contributed by atoms with E-state index in [-0.39, 0.29) is 0 Å². The molecule has 1 rings (SSSR count). The average molecular weight is 235 g/mol. The summed E-state index contributed by atoms with van der Waals surface area (Å²) in [5, 5.41) is 3.68. The van der Waals surface area contributed by atoms with Gasteiger partial charge in [-0.1, -0.05) is 23.7 Å². The Morgan fingerprint density at radius 3 is 2.64 bits per heavy atom. The third-order valence-electron chi connectivity index (χ3n) is 1.24. The molecule has 1 aromatic rings. The number of hydrogen-bond donors (Lipinski definition) is 2. The zero-order chi connectivity index (χ0) is 10.6. The minimum absolute atomic E-state index is 0.385. The molecule has 7 heteroatoms. The highest BCUT2D eigenvalue weighted by Gasteiger charge is 1.98. The van der Waals surface area contributed by atoms with Gasteiger partial charge >= 0.3 is 10.1 Å². The molecule has 0 heterocycles. The Labute approximate surface area is 86.1 Å². The number of nitrogens with one attached hydrogen (secondary N) is 1. The van der Waals surface area contributed by atoms with Crippen LogP contribution in [0.25, 0.3) is 0 Å². The largest absolute Gasteiger partial charge is 0.306 e. The third kappa shape index (κ3) is 3.73. The monoisotopic (exact) mass is 234 g/mol. The zero-order valence-corrected chi connectivity index (χ0v) is 8.46. The smallest absolute Gasteiger partial charge is 0.281 e. The summed E-state index contributed by atoms with van der Waals surface area (Å²) >= 11 is 5.73. The van der Waals surface area contributed by atoms with Crippen molar-refractivity contribution >= 4 is 33.0 Å². The number of halogens is 1. The quantitative estimate of drug-likeness (QED) is 0.360. The van der Waals surface area contributed by atoms with E-state index in [1.165, 1.54) is 0 Å². The second-order valence-corrected chi connectivity index (χ2v) is 3.99. The molecule has 0 atom stereocenters. The van der Waals surface area contributed by atoms with Gasteiger partial charge in [0.05, 0.1) is 10.7 Å². The third-order valence-corrected chi connectivity index (χ3v) is 1.95. The summed E-state index contributed by atoms with van der Waals surface area (Å²) in [6, 6.07) is 6.66. The Morgan fingerprint density at radius 1 is 1.43 bits per heavy atom. The van der Waals surface area contributed by atoms with Crippen LogP contribution >= 0.6 is 11.6 Å². The van der Waals surface area contributed by atoms with Gasteiger partial charge in [0.2, 0.25) is 0 Å². The number of para-hydroxylation sites is 1. The van der Waals surface area contributed by atoms with Crippen molar-refractivity contribution < 1.29 is 13.0 Å². The van der Waals surface area contributed by atoms with Gasteiger partial charge in [-0.2, -0.15) is 13.5 Å². The SMILES string of the molecule is O=S(=O)(O)/C=N/Nc1ccccc1Cl. The van der Waals surface area contributed by atoms with E-state index in [2.05, 4.69) is 10.5 Å². The van der Waals surface area contributed by atoms with Crippen molar-refractivity contribution in [3.8, 4) is 0 Å². The molecular weight excluding hydrogens is 228 g/mol. The highest BCUT2D eigenvalue weighted by molar-refractivity contribution is 7.99. The Balaban J connectivity index is 2.72. The molecule has 0 radical (unpaired) electrons. The van der Waals surface area contributed by atoms with Crippen LogP contribution in [0.15, 0.2) is 29.4 Å². The van der Waals surface area contributed by atoms with E-state index in [0.717, 1.165) is 0 Å². The highest BCUT2D eigenvalue weighted by Crippen LogP contribution is 2.19. The van der Waals surface area contributed by atoms with E-state index in [1.54, 1.807) is 24.3 Å². The first-order chi connectivity index (χ1) is 6.49. The Morgan fingerprint density at radius 2 is 2.07 bits per heavy atom. The normalized spacial score (nSPS) is 11.9. The molecule has 0 saturated heterocycles. The van der Waals surface area contributed by atoms with Crippen molar-refractivity contribution in [2.24, 2.45) is 5.10 Å². The molecule has 0 spiro atoms. The van der Waals surface area contributed by atoms with Gasteiger partial charge in [0.25, 0.3) is 0 Å². The predicted molar refractivity (Wildman–Crippen MR) is 55.1 cm³/mol. The van der Waals surface area contributed by atoms with Crippen LogP contribution in [0.2, 0.25) is 5.02 Å². The number of hydrogen-bond acceptors (Lipinski definition) is 4. The Hall–Kier alpha value is -1.11. The van der Waals surface area contributed by atoms with Crippen molar-refractivity contribution in [1.29, 1.82) is 0 Å². The molecule has 0 fully saturated rings. The minimum Gasteiger partial charge on any atom is -0.281 e. The second kappa shape index (κ2) is 4.41. The number of rotatable bonds is 3. The standard InChI is InChI=1S/C7H7ClN2O3S/c8-6-3-1-2-4-7(6)10-9-5-14(11,12)13/h1-5,10H,(H,11,12,13)/b9-5+. The van der Waals surface area contributed by atoms with Crippen LogP contribution in [0.4, 0.5) is 5.69 Å². The summed E-state index contributed by atoms with van der Waals surface area (Å²) in [5.41, 5.74) is 3.21. The number of nitrogens with zero attached hydrogens (tertiary/aromatic N) is 1. The van der Waals surface area contributed by atoms with Crippen molar-refractivity contribution in [2.45, 2.75) is 0 Å². The molecule has 0 aliphatic rings. The van der Waals surface area contributed by atoms with Gasteiger partial charge in [0, 0.05) is 0 Å². The lowest BCUT2D eigenvalue weighted by Gasteiger charge is -2.00. The average Bonchev–Trinajstić information content (AvgIpc) is 2.06. The van der Waals surface area contributed by atoms with E-state index in [0.29, 0.717) is 16.3 Å². The van der Waals surface area contributed by atoms with Gasteiger partial charge in [-0.25, -0.2) is 0 Å². The molecule has 0 aliphatic carbocycles. The van der Waals surface area contributed by atoms with E-state index < -0.39 is 10.1 Å². The fraction of sp³-hybridized carbons (Fsp3) is 0. The molecule has 0 unspecified atom stereocenters. The van der Waals surface area contributed by atoms with Crippen LogP contribution in [-0.4, -0.2) is 18.5 Å². The molecule has 0 aromatic heterocycles. The maximum absolute atomic E-state index is 10.2. The first-order valence-corrected chi connectivity index (χ1v) is 5.38. The van der Waals surface area contributed by atoms with Gasteiger partial charge in [-0.05, 0) is 12.1 Å². The molecular formula is C7H7ClN2O3S. The van der Waals surface area contributed by atoms with E-state index in [9.17, 15) is 8.42 Å². The molecule has 0 amide bonds. The lowest BCUT2D eigenvalue weighted by molar-refractivity contribution is 0.499. The van der Waals surface area contributed by atoms with Gasteiger partial charge < -0.3 is 0 Å². The summed E-state index contributed by atoms with van der Waals surface area (Å²) in [6.45, 7) is 0. The molecule has 1 aromatic carbocycles. The predicted octanol–water partition coefficient (Wildman–Crippen LogP) is 1.58. The van der Waals surface area contributed by atoms with E-state index in [1.807, 2.05) is 0 Å². The summed E-state index contributed by atoms with van der Waals surface area (Å²) in [7, 11) is -4.20. The van der Waals surface area contributed by atoms with Crippen LogP contribution in [0.5, 0.6) is 0 Å². The van der Waals surface area contributed by atoms with Crippen LogP contribution in [0, 0.1) is 0 Å². The summed E-state index contributed by atoms with van der Waals surface area (Å²) in [4.78, 5) is 0. The van der Waals surface area contributed by atoms with Crippen molar-refractivity contribution in [1.82, 2.24) is 0 Å². The maximum Gasteiger partial charge on any atom is 0.306 e. The zero-order valence-electron chi connectivity index (χ0n) is 6.88. The molecule has 5 nitrogen and oxygen atoms in total.